The second kappa shape index (κ2) is 3.55. The van der Waals surface area contributed by atoms with Crippen molar-refractivity contribution in [2.75, 3.05) is 0 Å². The van der Waals surface area contributed by atoms with Gasteiger partial charge in [0.15, 0.2) is 0 Å². The van der Waals surface area contributed by atoms with E-state index in [-0.39, 0.29) is 17.3 Å². The van der Waals surface area contributed by atoms with Gasteiger partial charge in [0.2, 0.25) is 0 Å². The number of carboxylic acids is 1. The van der Waals surface area contributed by atoms with E-state index in [0.29, 0.717) is 5.92 Å². The van der Waals surface area contributed by atoms with Gasteiger partial charge in [-0.25, -0.2) is 4.98 Å². The van der Waals surface area contributed by atoms with Crippen LogP contribution in [0.15, 0.2) is 5.38 Å². The van der Waals surface area contributed by atoms with Gasteiger partial charge in [-0.1, -0.05) is 27.7 Å². The number of hydrogen-bond donors (Lipinski definition) is 1. The van der Waals surface area contributed by atoms with Crippen molar-refractivity contribution in [3.63, 3.8) is 0 Å². The van der Waals surface area contributed by atoms with Crippen molar-refractivity contribution >= 4 is 17.3 Å². The first kappa shape index (κ1) is 11.6. The fourth-order valence-electron chi connectivity index (χ4n) is 2.36. The van der Waals surface area contributed by atoms with Crippen LogP contribution in [0.25, 0.3) is 0 Å². The molecule has 0 amide bonds. The molecule has 1 aromatic heterocycles. The molecular formula is C12H17NO2S. The van der Waals surface area contributed by atoms with Gasteiger partial charge in [0.1, 0.15) is 0 Å². The number of nitrogens with zero attached hydrogens (tertiary/aromatic N) is 1. The predicted molar refractivity (Wildman–Crippen MR) is 63.9 cm³/mol. The molecule has 3 nitrogen and oxygen atoms in total. The van der Waals surface area contributed by atoms with Crippen molar-refractivity contribution in [2.45, 2.75) is 39.5 Å². The fraction of sp³-hybridized carbons (Fsp3) is 0.667. The topological polar surface area (TPSA) is 50.2 Å². The molecule has 1 aliphatic carbocycles. The lowest BCUT2D eigenvalue weighted by Crippen LogP contribution is -2.03. The molecule has 0 radical (unpaired) electrons. The van der Waals surface area contributed by atoms with E-state index >= 15 is 0 Å². The number of carboxylic acid groups (broad SMARTS) is 1. The van der Waals surface area contributed by atoms with Crippen LogP contribution >= 0.6 is 11.3 Å². The number of aromatic nitrogens is 1. The number of thiazole rings is 1. The van der Waals surface area contributed by atoms with Crippen LogP contribution in [-0.4, -0.2) is 16.1 Å². The Labute approximate surface area is 99.5 Å². The van der Waals surface area contributed by atoms with Crippen LogP contribution in [0.5, 0.6) is 0 Å². The Kier molecular flexibility index (Phi) is 2.57. The summed E-state index contributed by atoms with van der Waals surface area (Å²) in [7, 11) is 0. The summed E-state index contributed by atoms with van der Waals surface area (Å²) in [5.41, 5.74) is 0.819. The minimum absolute atomic E-state index is 0.0914. The zero-order chi connectivity index (χ0) is 12.1. The first-order valence-corrected chi connectivity index (χ1v) is 6.41. The van der Waals surface area contributed by atoms with Gasteiger partial charge in [0.05, 0.1) is 16.6 Å². The van der Waals surface area contributed by atoms with Gasteiger partial charge in [0.25, 0.3) is 0 Å². The maximum atomic E-state index is 11.1. The molecule has 0 spiro atoms. The summed E-state index contributed by atoms with van der Waals surface area (Å²) < 4.78 is 0. The first-order valence-electron chi connectivity index (χ1n) is 5.53. The third-order valence-corrected chi connectivity index (χ3v) is 4.61. The molecule has 2 rings (SSSR count). The van der Waals surface area contributed by atoms with Crippen LogP contribution < -0.4 is 0 Å². The molecule has 1 heterocycles. The lowest BCUT2D eigenvalue weighted by atomic mass is 10.1. The van der Waals surface area contributed by atoms with E-state index in [1.54, 1.807) is 11.3 Å². The standard InChI is InChI=1S/C12H17NO2S/c1-6(2)10-13-7(5-16-10)8-9(11(14)15)12(8,3)4/h5-6,8-9H,1-4H3,(H,14,15). The van der Waals surface area contributed by atoms with Crippen LogP contribution in [0, 0.1) is 11.3 Å². The Morgan fingerprint density at radius 1 is 1.56 bits per heavy atom. The zero-order valence-electron chi connectivity index (χ0n) is 10.0. The molecule has 1 aromatic rings. The lowest BCUT2D eigenvalue weighted by Gasteiger charge is -1.99. The van der Waals surface area contributed by atoms with Crippen molar-refractivity contribution in [2.24, 2.45) is 11.3 Å². The number of rotatable bonds is 3. The minimum atomic E-state index is -0.700. The molecule has 16 heavy (non-hydrogen) atoms. The van der Waals surface area contributed by atoms with Crippen molar-refractivity contribution < 1.29 is 9.90 Å². The van der Waals surface area contributed by atoms with E-state index in [0.717, 1.165) is 10.7 Å². The van der Waals surface area contributed by atoms with Gasteiger partial charge >= 0.3 is 5.97 Å². The lowest BCUT2D eigenvalue weighted by molar-refractivity contribution is -0.139. The Morgan fingerprint density at radius 3 is 2.56 bits per heavy atom. The predicted octanol–water partition coefficient (Wildman–Crippen LogP) is 3.09. The molecule has 1 saturated carbocycles. The van der Waals surface area contributed by atoms with Crippen molar-refractivity contribution in [3.05, 3.63) is 16.1 Å². The Hall–Kier alpha value is -0.900. The molecule has 0 saturated heterocycles. The SMILES string of the molecule is CC(C)c1nc(C2C(C(=O)O)C2(C)C)cs1. The fourth-order valence-corrected chi connectivity index (χ4v) is 3.23. The van der Waals surface area contributed by atoms with E-state index in [9.17, 15) is 4.79 Å². The minimum Gasteiger partial charge on any atom is -0.481 e. The summed E-state index contributed by atoms with van der Waals surface area (Å²) in [5, 5.41) is 12.2. The first-order chi connectivity index (χ1) is 7.35. The third kappa shape index (κ3) is 1.65. The molecule has 0 aromatic carbocycles. The Balaban J connectivity index is 2.23. The number of aliphatic carboxylic acids is 1. The zero-order valence-corrected chi connectivity index (χ0v) is 10.8. The maximum absolute atomic E-state index is 11.1. The smallest absolute Gasteiger partial charge is 0.307 e. The highest BCUT2D eigenvalue weighted by Crippen LogP contribution is 2.64. The van der Waals surface area contributed by atoms with Crippen LogP contribution in [0.4, 0.5) is 0 Å². The molecule has 2 unspecified atom stereocenters. The van der Waals surface area contributed by atoms with Gasteiger partial charge in [0, 0.05) is 17.2 Å². The summed E-state index contributed by atoms with van der Waals surface area (Å²) >= 11 is 1.64. The number of carbonyl (C=O) groups is 1. The van der Waals surface area contributed by atoms with E-state index in [4.69, 9.17) is 5.11 Å². The van der Waals surface area contributed by atoms with Gasteiger partial charge in [-0.2, -0.15) is 0 Å². The average Bonchev–Trinajstić information content (AvgIpc) is 2.60. The molecular weight excluding hydrogens is 222 g/mol. The largest absolute Gasteiger partial charge is 0.481 e. The van der Waals surface area contributed by atoms with Gasteiger partial charge in [-0.3, -0.25) is 4.79 Å². The normalized spacial score (nSPS) is 27.1. The highest BCUT2D eigenvalue weighted by molar-refractivity contribution is 7.09. The van der Waals surface area contributed by atoms with Crippen molar-refractivity contribution in [1.29, 1.82) is 0 Å². The molecule has 0 bridgehead atoms. The highest BCUT2D eigenvalue weighted by atomic mass is 32.1. The van der Waals surface area contributed by atoms with Crippen LogP contribution in [0.2, 0.25) is 0 Å². The molecule has 0 aliphatic heterocycles. The Bertz CT molecular complexity index is 422. The van der Waals surface area contributed by atoms with Crippen LogP contribution in [-0.2, 0) is 4.79 Å². The molecule has 1 fully saturated rings. The highest BCUT2D eigenvalue weighted by Gasteiger charge is 2.63. The van der Waals surface area contributed by atoms with E-state index in [1.165, 1.54) is 0 Å². The number of hydrogen-bond acceptors (Lipinski definition) is 3. The summed E-state index contributed by atoms with van der Waals surface area (Å²) in [5.74, 6) is -0.457. The van der Waals surface area contributed by atoms with Gasteiger partial charge < -0.3 is 5.11 Å². The maximum Gasteiger partial charge on any atom is 0.307 e. The second-order valence-corrected chi connectivity index (χ2v) is 6.27. The van der Waals surface area contributed by atoms with Crippen molar-refractivity contribution in [3.8, 4) is 0 Å². The molecule has 4 heteroatoms. The summed E-state index contributed by atoms with van der Waals surface area (Å²) in [6.07, 6.45) is 0. The quantitative estimate of drug-likeness (QED) is 0.881. The summed E-state index contributed by atoms with van der Waals surface area (Å²) in [6, 6.07) is 0. The van der Waals surface area contributed by atoms with E-state index in [2.05, 4.69) is 18.8 Å². The van der Waals surface area contributed by atoms with Crippen LogP contribution in [0.1, 0.15) is 50.2 Å². The third-order valence-electron chi connectivity index (χ3n) is 3.45. The summed E-state index contributed by atoms with van der Waals surface area (Å²) in [4.78, 5) is 15.6. The molecule has 1 aliphatic rings. The van der Waals surface area contributed by atoms with Gasteiger partial charge in [-0.15, -0.1) is 11.3 Å². The molecule has 88 valence electrons. The Morgan fingerprint density at radius 2 is 2.19 bits per heavy atom. The monoisotopic (exact) mass is 239 g/mol. The molecule has 2 atom stereocenters. The molecule has 1 N–H and O–H groups in total. The van der Waals surface area contributed by atoms with Crippen LogP contribution in [0.3, 0.4) is 0 Å². The van der Waals surface area contributed by atoms with Crippen molar-refractivity contribution in [1.82, 2.24) is 4.98 Å². The van der Waals surface area contributed by atoms with E-state index < -0.39 is 5.97 Å². The summed E-state index contributed by atoms with van der Waals surface area (Å²) in [6.45, 7) is 8.22. The average molecular weight is 239 g/mol. The van der Waals surface area contributed by atoms with E-state index in [1.807, 2.05) is 19.2 Å². The second-order valence-electron chi connectivity index (χ2n) is 5.38. The van der Waals surface area contributed by atoms with Gasteiger partial charge in [-0.05, 0) is 5.41 Å².